The van der Waals surface area contributed by atoms with Gasteiger partial charge in [0.25, 0.3) is 0 Å². The second-order valence-corrected chi connectivity index (χ2v) is 10.7. The van der Waals surface area contributed by atoms with Gasteiger partial charge < -0.3 is 0 Å². The van der Waals surface area contributed by atoms with Crippen LogP contribution in [0.15, 0.2) is 64.8 Å². The SMILES string of the molecule is CCN1C(=CC(=Cc2[se]c3ccccc3[n+]2C)C(N)=O)[Se]c2ccccc21. The molecule has 2 N–H and O–H groups in total. The van der Waals surface area contributed by atoms with Gasteiger partial charge in [-0.2, -0.15) is 0 Å². The summed E-state index contributed by atoms with van der Waals surface area (Å²) in [5, 5.41) is 0. The number of carbonyl (C=O) groups excluding carboxylic acids is 1. The van der Waals surface area contributed by atoms with E-state index >= 15 is 0 Å². The molecule has 2 heterocycles. The number of nitrogens with zero attached hydrogens (tertiary/aromatic N) is 2. The van der Waals surface area contributed by atoms with E-state index in [1.165, 1.54) is 24.5 Å². The minimum atomic E-state index is -0.377. The molecule has 0 spiro atoms. The van der Waals surface area contributed by atoms with Crippen LogP contribution in [0.1, 0.15) is 11.5 Å². The van der Waals surface area contributed by atoms with Gasteiger partial charge in [0, 0.05) is 0 Å². The van der Waals surface area contributed by atoms with Crippen molar-refractivity contribution >= 4 is 61.4 Å². The van der Waals surface area contributed by atoms with Gasteiger partial charge in [-0.15, -0.1) is 0 Å². The zero-order chi connectivity index (χ0) is 19.0. The van der Waals surface area contributed by atoms with Gasteiger partial charge in [0.15, 0.2) is 0 Å². The molecule has 0 atom stereocenters. The average Bonchev–Trinajstić information content (AvgIpc) is 3.18. The summed E-state index contributed by atoms with van der Waals surface area (Å²) in [6.07, 6.45) is 3.97. The van der Waals surface area contributed by atoms with Crippen LogP contribution in [-0.2, 0) is 11.8 Å². The molecule has 4 nitrogen and oxygen atoms in total. The molecule has 4 rings (SSSR count). The summed E-state index contributed by atoms with van der Waals surface area (Å²) >= 11 is 0.361. The molecule has 27 heavy (non-hydrogen) atoms. The first-order valence-corrected chi connectivity index (χ1v) is 12.2. The standard InChI is InChI=1S/C21H19N3OSe2/c1-3-24-16-9-5-7-11-18(16)27-20(24)13-14(21(22)25)12-19-23(2)15-8-4-6-10-17(15)26-19/h4-13H,3H2,1-2H3,(H-,22,25)/p+1. The summed E-state index contributed by atoms with van der Waals surface area (Å²) in [5.74, 6) is -0.377. The molecule has 0 saturated heterocycles. The summed E-state index contributed by atoms with van der Waals surface area (Å²) < 4.78 is 7.19. The predicted octanol–water partition coefficient (Wildman–Crippen LogP) is 1.30. The third kappa shape index (κ3) is 3.42. The normalized spacial score (nSPS) is 15.6. The third-order valence-electron chi connectivity index (χ3n) is 4.57. The number of rotatable bonds is 4. The molecule has 0 unspecified atom stereocenters. The van der Waals surface area contributed by atoms with Gasteiger partial charge in [-0.1, -0.05) is 0 Å². The fourth-order valence-corrected chi connectivity index (χ4v) is 7.97. The van der Waals surface area contributed by atoms with Crippen LogP contribution in [0.25, 0.3) is 15.9 Å². The zero-order valence-corrected chi connectivity index (χ0v) is 18.6. The molecule has 1 aromatic heterocycles. The molecule has 0 aliphatic carbocycles. The molecular weight excluding hydrogens is 468 g/mol. The van der Waals surface area contributed by atoms with Gasteiger partial charge in [0.05, 0.1) is 0 Å². The van der Waals surface area contributed by atoms with Crippen molar-refractivity contribution in [2.75, 3.05) is 11.4 Å². The van der Waals surface area contributed by atoms with Crippen LogP contribution in [0.5, 0.6) is 0 Å². The molecule has 3 aromatic rings. The second kappa shape index (κ2) is 7.49. The number of benzene rings is 2. The van der Waals surface area contributed by atoms with Gasteiger partial charge in [-0.3, -0.25) is 0 Å². The number of primary amides is 1. The maximum absolute atomic E-state index is 12.2. The summed E-state index contributed by atoms with van der Waals surface area (Å²) in [5.41, 5.74) is 8.79. The van der Waals surface area contributed by atoms with Crippen molar-refractivity contribution in [2.45, 2.75) is 6.92 Å². The number of aromatic nitrogens is 1. The number of para-hydroxylation sites is 2. The molecule has 1 aliphatic heterocycles. The van der Waals surface area contributed by atoms with Crippen LogP contribution in [0, 0.1) is 0 Å². The van der Waals surface area contributed by atoms with Crippen molar-refractivity contribution in [1.29, 1.82) is 0 Å². The summed E-state index contributed by atoms with van der Waals surface area (Å²) in [7, 11) is 2.05. The fourth-order valence-electron chi connectivity index (χ4n) is 3.18. The first kappa shape index (κ1) is 18.3. The quantitative estimate of drug-likeness (QED) is 0.342. The van der Waals surface area contributed by atoms with E-state index in [1.54, 1.807) is 0 Å². The predicted molar refractivity (Wildman–Crippen MR) is 112 cm³/mol. The Kier molecular flexibility index (Phi) is 5.07. The van der Waals surface area contributed by atoms with E-state index in [0.29, 0.717) is 5.57 Å². The molecule has 0 fully saturated rings. The Hall–Kier alpha value is -2.10. The van der Waals surface area contributed by atoms with E-state index in [9.17, 15) is 4.79 Å². The Balaban J connectivity index is 1.77. The number of anilines is 1. The van der Waals surface area contributed by atoms with Crippen molar-refractivity contribution < 1.29 is 9.36 Å². The number of carbonyl (C=O) groups is 1. The Morgan fingerprint density at radius 1 is 1.19 bits per heavy atom. The van der Waals surface area contributed by atoms with E-state index in [1.807, 2.05) is 18.2 Å². The van der Waals surface area contributed by atoms with Crippen LogP contribution >= 0.6 is 0 Å². The Morgan fingerprint density at radius 2 is 1.93 bits per heavy atom. The number of nitrogens with two attached hydrogens (primary N) is 1. The molecule has 6 heteroatoms. The topological polar surface area (TPSA) is 50.2 Å². The van der Waals surface area contributed by atoms with E-state index in [2.05, 4.69) is 65.9 Å². The van der Waals surface area contributed by atoms with Gasteiger partial charge in [-0.25, -0.2) is 0 Å². The van der Waals surface area contributed by atoms with Crippen LogP contribution in [0.3, 0.4) is 0 Å². The van der Waals surface area contributed by atoms with E-state index in [4.69, 9.17) is 5.73 Å². The number of hydrogen-bond acceptors (Lipinski definition) is 2. The first-order valence-electron chi connectivity index (χ1n) is 8.73. The van der Waals surface area contributed by atoms with Crippen molar-refractivity contribution in [3.8, 4) is 0 Å². The number of hydrogen-bond donors (Lipinski definition) is 1. The molecule has 0 radical (unpaired) electrons. The zero-order valence-electron chi connectivity index (χ0n) is 15.2. The second-order valence-electron chi connectivity index (χ2n) is 6.23. The van der Waals surface area contributed by atoms with Crippen LogP contribution < -0.4 is 19.7 Å². The Morgan fingerprint density at radius 3 is 2.67 bits per heavy atom. The van der Waals surface area contributed by atoms with Gasteiger partial charge in [0.1, 0.15) is 0 Å². The number of amides is 1. The molecule has 2 aromatic carbocycles. The monoisotopic (exact) mass is 490 g/mol. The molecule has 0 bridgehead atoms. The van der Waals surface area contributed by atoms with Crippen molar-refractivity contribution in [3.63, 3.8) is 0 Å². The average molecular weight is 488 g/mol. The Labute approximate surface area is 170 Å². The number of aryl methyl sites for hydroxylation is 1. The summed E-state index contributed by atoms with van der Waals surface area (Å²) in [6, 6.07) is 16.8. The van der Waals surface area contributed by atoms with Crippen LogP contribution in [-0.4, -0.2) is 41.9 Å². The van der Waals surface area contributed by atoms with Crippen molar-refractivity contribution in [1.82, 2.24) is 0 Å². The molecule has 136 valence electrons. The van der Waals surface area contributed by atoms with Gasteiger partial charge in [-0.05, 0) is 0 Å². The number of fused-ring (bicyclic) bond motifs is 2. The first-order chi connectivity index (χ1) is 13.1. The van der Waals surface area contributed by atoms with Crippen LogP contribution in [0.4, 0.5) is 5.69 Å². The van der Waals surface area contributed by atoms with E-state index < -0.39 is 0 Å². The van der Waals surface area contributed by atoms with E-state index in [0.717, 1.165) is 11.1 Å². The van der Waals surface area contributed by atoms with Gasteiger partial charge >= 0.3 is 171 Å². The maximum atomic E-state index is 12.2. The molecular formula is C21H20N3OSe2+. The minimum absolute atomic E-state index is 0.179. The molecule has 1 amide bonds. The summed E-state index contributed by atoms with van der Waals surface area (Å²) in [4.78, 5) is 14.5. The Bertz CT molecular complexity index is 1100. The summed E-state index contributed by atoms with van der Waals surface area (Å²) in [6.45, 7) is 3.02. The van der Waals surface area contributed by atoms with Crippen molar-refractivity contribution in [3.05, 3.63) is 69.3 Å². The van der Waals surface area contributed by atoms with E-state index in [-0.39, 0.29) is 35.4 Å². The molecule has 0 saturated carbocycles. The molecule has 1 aliphatic rings. The fraction of sp³-hybridized carbons (Fsp3) is 0.143. The van der Waals surface area contributed by atoms with Crippen LogP contribution in [0.2, 0.25) is 0 Å². The van der Waals surface area contributed by atoms with Gasteiger partial charge in [0.2, 0.25) is 0 Å². The third-order valence-corrected chi connectivity index (χ3v) is 9.35. The van der Waals surface area contributed by atoms with Crippen molar-refractivity contribution in [2.24, 2.45) is 12.8 Å².